The lowest BCUT2D eigenvalue weighted by Gasteiger charge is -2.27. The van der Waals surface area contributed by atoms with Gasteiger partial charge in [-0.15, -0.1) is 0 Å². The molecule has 1 aromatic heterocycles. The zero-order chi connectivity index (χ0) is 12.6. The number of aromatic nitrogens is 1. The molecule has 0 radical (unpaired) electrons. The molecule has 92 valence electrons. The Labute approximate surface area is 111 Å². The summed E-state index contributed by atoms with van der Waals surface area (Å²) in [4.78, 5) is 4.56. The van der Waals surface area contributed by atoms with Crippen molar-refractivity contribution in [1.82, 2.24) is 4.98 Å². The number of fused-ring (bicyclic) bond motifs is 1. The average Bonchev–Trinajstić information content (AvgIpc) is 2.57. The van der Waals surface area contributed by atoms with Crippen molar-refractivity contribution in [1.29, 1.82) is 0 Å². The molecule has 0 bridgehead atoms. The van der Waals surface area contributed by atoms with Gasteiger partial charge in [0.2, 0.25) is 0 Å². The molecule has 0 saturated heterocycles. The van der Waals surface area contributed by atoms with Gasteiger partial charge in [-0.25, -0.2) is 4.98 Å². The maximum atomic E-state index is 5.96. The number of anilines is 1. The van der Waals surface area contributed by atoms with E-state index in [1.54, 1.807) is 11.3 Å². The van der Waals surface area contributed by atoms with Crippen molar-refractivity contribution in [2.45, 2.75) is 33.7 Å². The maximum absolute atomic E-state index is 5.96. The number of benzene rings is 1. The number of hydrogen-bond acceptors (Lipinski definition) is 3. The summed E-state index contributed by atoms with van der Waals surface area (Å²) in [5.74, 6) is 0. The van der Waals surface area contributed by atoms with E-state index < -0.39 is 0 Å². The first-order valence-electron chi connectivity index (χ1n) is 5.69. The van der Waals surface area contributed by atoms with Crippen molar-refractivity contribution in [2.75, 3.05) is 5.32 Å². The summed E-state index contributed by atoms with van der Waals surface area (Å²) >= 11 is 7.61. The van der Waals surface area contributed by atoms with Gasteiger partial charge in [-0.1, -0.05) is 43.7 Å². The predicted molar refractivity (Wildman–Crippen MR) is 77.2 cm³/mol. The normalized spacial score (nSPS) is 13.9. The Bertz CT molecular complexity index is 528. The van der Waals surface area contributed by atoms with Crippen LogP contribution in [0, 0.1) is 5.41 Å². The van der Waals surface area contributed by atoms with Gasteiger partial charge in [-0.3, -0.25) is 0 Å². The summed E-state index contributed by atoms with van der Waals surface area (Å²) in [5, 5.41) is 5.18. The Morgan fingerprint density at radius 1 is 1.35 bits per heavy atom. The largest absolute Gasteiger partial charge is 0.359 e. The van der Waals surface area contributed by atoms with Gasteiger partial charge in [0.1, 0.15) is 0 Å². The van der Waals surface area contributed by atoms with Gasteiger partial charge in [0, 0.05) is 11.1 Å². The van der Waals surface area contributed by atoms with Gasteiger partial charge < -0.3 is 5.32 Å². The minimum absolute atomic E-state index is 0.218. The highest BCUT2D eigenvalue weighted by molar-refractivity contribution is 7.22. The van der Waals surface area contributed by atoms with Crippen molar-refractivity contribution < 1.29 is 0 Å². The Morgan fingerprint density at radius 2 is 2.06 bits per heavy atom. The van der Waals surface area contributed by atoms with E-state index in [-0.39, 0.29) is 5.41 Å². The molecule has 2 rings (SSSR count). The van der Waals surface area contributed by atoms with Gasteiger partial charge in [-0.05, 0) is 30.5 Å². The molecular weight excluding hydrogens is 252 g/mol. The van der Waals surface area contributed by atoms with E-state index in [1.807, 2.05) is 18.2 Å². The highest BCUT2D eigenvalue weighted by atomic mass is 35.5. The summed E-state index contributed by atoms with van der Waals surface area (Å²) in [6, 6.07) is 6.17. The Morgan fingerprint density at radius 3 is 2.71 bits per heavy atom. The number of rotatable bonds is 2. The van der Waals surface area contributed by atoms with Crippen LogP contribution in [0.5, 0.6) is 0 Å². The number of halogens is 1. The fourth-order valence-electron chi connectivity index (χ4n) is 1.36. The molecule has 0 aliphatic heterocycles. The summed E-state index contributed by atoms with van der Waals surface area (Å²) in [7, 11) is 0. The van der Waals surface area contributed by atoms with Crippen LogP contribution in [0.2, 0.25) is 5.02 Å². The lowest BCUT2D eigenvalue weighted by atomic mass is 9.88. The van der Waals surface area contributed by atoms with E-state index in [9.17, 15) is 0 Å². The van der Waals surface area contributed by atoms with Crippen molar-refractivity contribution >= 4 is 38.3 Å². The smallest absolute Gasteiger partial charge is 0.184 e. The second kappa shape index (κ2) is 4.46. The van der Waals surface area contributed by atoms with Crippen molar-refractivity contribution in [2.24, 2.45) is 5.41 Å². The van der Waals surface area contributed by atoms with Crippen LogP contribution >= 0.6 is 22.9 Å². The van der Waals surface area contributed by atoms with Gasteiger partial charge in [0.05, 0.1) is 10.2 Å². The molecule has 1 atom stereocenters. The molecule has 4 heteroatoms. The summed E-state index contributed by atoms with van der Waals surface area (Å²) in [6.07, 6.45) is 0. The molecule has 0 aliphatic rings. The number of nitrogens with one attached hydrogen (secondary N) is 1. The SMILES string of the molecule is CC(Nc1nc2ccc(Cl)cc2s1)C(C)(C)C. The van der Waals surface area contributed by atoms with E-state index in [4.69, 9.17) is 11.6 Å². The average molecular weight is 269 g/mol. The van der Waals surface area contributed by atoms with Gasteiger partial charge in [0.15, 0.2) is 5.13 Å². The molecule has 2 nitrogen and oxygen atoms in total. The molecule has 0 aliphatic carbocycles. The summed E-state index contributed by atoms with van der Waals surface area (Å²) in [5.41, 5.74) is 1.22. The molecule has 0 amide bonds. The van der Waals surface area contributed by atoms with Gasteiger partial charge >= 0.3 is 0 Å². The first-order chi connectivity index (χ1) is 7.86. The van der Waals surface area contributed by atoms with E-state index >= 15 is 0 Å². The zero-order valence-corrected chi connectivity index (χ0v) is 12.1. The maximum Gasteiger partial charge on any atom is 0.184 e. The molecule has 1 aromatic carbocycles. The second-order valence-electron chi connectivity index (χ2n) is 5.36. The van der Waals surface area contributed by atoms with Crippen LogP contribution in [0.1, 0.15) is 27.7 Å². The molecule has 0 spiro atoms. The van der Waals surface area contributed by atoms with Gasteiger partial charge in [-0.2, -0.15) is 0 Å². The third-order valence-corrected chi connectivity index (χ3v) is 4.17. The summed E-state index contributed by atoms with van der Waals surface area (Å²) < 4.78 is 1.13. The molecule has 0 fully saturated rings. The number of nitrogens with zero attached hydrogens (tertiary/aromatic N) is 1. The van der Waals surface area contributed by atoms with Crippen LogP contribution in [0.25, 0.3) is 10.2 Å². The highest BCUT2D eigenvalue weighted by Crippen LogP contribution is 2.30. The van der Waals surface area contributed by atoms with Crippen LogP contribution in [0.4, 0.5) is 5.13 Å². The third-order valence-electron chi connectivity index (χ3n) is 2.99. The van der Waals surface area contributed by atoms with Crippen LogP contribution in [-0.4, -0.2) is 11.0 Å². The van der Waals surface area contributed by atoms with Crippen molar-refractivity contribution in [3.05, 3.63) is 23.2 Å². The fraction of sp³-hybridized carbons (Fsp3) is 0.462. The Balaban J connectivity index is 2.25. The first-order valence-corrected chi connectivity index (χ1v) is 6.88. The van der Waals surface area contributed by atoms with Crippen molar-refractivity contribution in [3.63, 3.8) is 0 Å². The molecule has 1 unspecified atom stereocenters. The molecule has 1 N–H and O–H groups in total. The molecular formula is C13H17ClN2S. The van der Waals surface area contributed by atoms with Crippen LogP contribution in [0.15, 0.2) is 18.2 Å². The lowest BCUT2D eigenvalue weighted by molar-refractivity contribution is 0.359. The van der Waals surface area contributed by atoms with E-state index in [2.05, 4.69) is 38.0 Å². The van der Waals surface area contributed by atoms with Gasteiger partial charge in [0.25, 0.3) is 0 Å². The minimum atomic E-state index is 0.218. The summed E-state index contributed by atoms with van der Waals surface area (Å²) in [6.45, 7) is 8.83. The van der Waals surface area contributed by atoms with Crippen LogP contribution in [0.3, 0.4) is 0 Å². The van der Waals surface area contributed by atoms with Crippen LogP contribution < -0.4 is 5.32 Å². The Kier molecular flexibility index (Phi) is 3.32. The van der Waals surface area contributed by atoms with Crippen LogP contribution in [-0.2, 0) is 0 Å². The predicted octanol–water partition coefficient (Wildman–Crippen LogP) is 4.80. The van der Waals surface area contributed by atoms with E-state index in [0.717, 1.165) is 20.4 Å². The third kappa shape index (κ3) is 2.90. The molecule has 17 heavy (non-hydrogen) atoms. The Hall–Kier alpha value is -0.800. The highest BCUT2D eigenvalue weighted by Gasteiger charge is 2.20. The monoisotopic (exact) mass is 268 g/mol. The lowest BCUT2D eigenvalue weighted by Crippen LogP contribution is -2.30. The first kappa shape index (κ1) is 12.7. The number of thiazole rings is 1. The van der Waals surface area contributed by atoms with E-state index in [1.165, 1.54) is 0 Å². The standard InChI is InChI=1S/C13H17ClN2S/c1-8(13(2,3)4)15-12-16-10-6-5-9(14)7-11(10)17-12/h5-8H,1-4H3,(H,15,16). The molecule has 2 aromatic rings. The minimum Gasteiger partial charge on any atom is -0.359 e. The van der Waals surface area contributed by atoms with E-state index in [0.29, 0.717) is 6.04 Å². The number of hydrogen-bond donors (Lipinski definition) is 1. The molecule has 0 saturated carbocycles. The quantitative estimate of drug-likeness (QED) is 0.847. The molecule has 1 heterocycles. The zero-order valence-electron chi connectivity index (χ0n) is 10.5. The van der Waals surface area contributed by atoms with Crippen molar-refractivity contribution in [3.8, 4) is 0 Å². The fourth-order valence-corrected chi connectivity index (χ4v) is 2.59. The second-order valence-corrected chi connectivity index (χ2v) is 6.83. The topological polar surface area (TPSA) is 24.9 Å².